The lowest BCUT2D eigenvalue weighted by molar-refractivity contribution is 0.0937. The molecule has 0 aliphatic carbocycles. The molecule has 0 bridgehead atoms. The first-order valence-electron chi connectivity index (χ1n) is 9.61. The van der Waals surface area contributed by atoms with Gasteiger partial charge >= 0.3 is 0 Å². The molecule has 154 valence electrons. The standard InChI is InChI=1S/C22H19BrClFN4O/c23-15-8-9-16(18(25)12-15)19(14-6-2-1-3-7-14)27-21(30)20-17(24)13-26-22(28-20)29-10-4-5-11-29/h1-3,6-9,12-13,19H,4-5,10-11H2,(H,27,30). The highest BCUT2D eigenvalue weighted by Gasteiger charge is 2.24. The zero-order valence-corrected chi connectivity index (χ0v) is 18.3. The van der Waals surface area contributed by atoms with Crippen LogP contribution in [0.5, 0.6) is 0 Å². The van der Waals surface area contributed by atoms with Gasteiger partial charge in [0, 0.05) is 23.1 Å². The summed E-state index contributed by atoms with van der Waals surface area (Å²) in [6.07, 6.45) is 3.56. The number of benzene rings is 2. The molecule has 30 heavy (non-hydrogen) atoms. The number of amides is 1. The lowest BCUT2D eigenvalue weighted by Crippen LogP contribution is -2.31. The minimum Gasteiger partial charge on any atom is -0.341 e. The Hall–Kier alpha value is -2.51. The second-order valence-corrected chi connectivity index (χ2v) is 8.37. The van der Waals surface area contributed by atoms with Crippen molar-refractivity contribution in [2.75, 3.05) is 18.0 Å². The number of anilines is 1. The molecule has 1 saturated heterocycles. The van der Waals surface area contributed by atoms with Crippen LogP contribution in [0.15, 0.2) is 59.2 Å². The molecular formula is C22H19BrClFN4O. The van der Waals surface area contributed by atoms with Gasteiger partial charge in [-0.1, -0.05) is 63.9 Å². The van der Waals surface area contributed by atoms with E-state index in [9.17, 15) is 9.18 Å². The maximum absolute atomic E-state index is 14.7. The van der Waals surface area contributed by atoms with Crippen LogP contribution in [-0.4, -0.2) is 29.0 Å². The van der Waals surface area contributed by atoms with Crippen molar-refractivity contribution in [2.24, 2.45) is 0 Å². The molecule has 3 aromatic rings. The number of aromatic nitrogens is 2. The summed E-state index contributed by atoms with van der Waals surface area (Å²) in [4.78, 5) is 23.8. The fraction of sp³-hybridized carbons (Fsp3) is 0.227. The monoisotopic (exact) mass is 488 g/mol. The molecule has 1 N–H and O–H groups in total. The molecule has 4 rings (SSSR count). The van der Waals surface area contributed by atoms with Gasteiger partial charge in [0.1, 0.15) is 5.82 Å². The molecule has 1 amide bonds. The van der Waals surface area contributed by atoms with Gasteiger partial charge in [0.2, 0.25) is 5.95 Å². The van der Waals surface area contributed by atoms with Crippen LogP contribution in [0, 0.1) is 5.82 Å². The molecule has 1 aromatic heterocycles. The molecule has 2 heterocycles. The summed E-state index contributed by atoms with van der Waals surface area (Å²) in [5.41, 5.74) is 1.17. The molecule has 1 fully saturated rings. The van der Waals surface area contributed by atoms with Gasteiger partial charge in [-0.2, -0.15) is 0 Å². The van der Waals surface area contributed by atoms with Gasteiger partial charge in [-0.15, -0.1) is 0 Å². The number of carbonyl (C=O) groups excluding carboxylic acids is 1. The van der Waals surface area contributed by atoms with Crippen LogP contribution in [0.25, 0.3) is 0 Å². The van der Waals surface area contributed by atoms with Crippen molar-refractivity contribution in [1.82, 2.24) is 15.3 Å². The summed E-state index contributed by atoms with van der Waals surface area (Å²) in [6, 6.07) is 13.3. The topological polar surface area (TPSA) is 58.1 Å². The third-order valence-electron chi connectivity index (χ3n) is 5.02. The van der Waals surface area contributed by atoms with Crippen molar-refractivity contribution in [3.05, 3.63) is 86.9 Å². The van der Waals surface area contributed by atoms with Crippen LogP contribution >= 0.6 is 27.5 Å². The van der Waals surface area contributed by atoms with E-state index in [-0.39, 0.29) is 10.7 Å². The molecule has 0 saturated carbocycles. The number of halogens is 3. The highest BCUT2D eigenvalue weighted by molar-refractivity contribution is 9.10. The Morgan fingerprint density at radius 3 is 2.60 bits per heavy atom. The molecule has 0 spiro atoms. The molecule has 2 aromatic carbocycles. The number of nitrogens with one attached hydrogen (secondary N) is 1. The minimum atomic E-state index is -0.701. The zero-order chi connectivity index (χ0) is 21.1. The fourth-order valence-electron chi connectivity index (χ4n) is 3.51. The lowest BCUT2D eigenvalue weighted by Gasteiger charge is -2.21. The van der Waals surface area contributed by atoms with E-state index < -0.39 is 17.8 Å². The summed E-state index contributed by atoms with van der Waals surface area (Å²) in [6.45, 7) is 1.69. The average molecular weight is 490 g/mol. The quantitative estimate of drug-likeness (QED) is 0.538. The van der Waals surface area contributed by atoms with Gasteiger partial charge in [-0.25, -0.2) is 14.4 Å². The van der Waals surface area contributed by atoms with Gasteiger partial charge in [-0.05, 0) is 30.5 Å². The summed E-state index contributed by atoms with van der Waals surface area (Å²) in [7, 11) is 0. The maximum Gasteiger partial charge on any atom is 0.272 e. The van der Waals surface area contributed by atoms with Crippen LogP contribution in [0.2, 0.25) is 5.02 Å². The van der Waals surface area contributed by atoms with Crippen molar-refractivity contribution in [3.8, 4) is 0 Å². The first kappa shape index (κ1) is 20.8. The number of nitrogens with zero attached hydrogens (tertiary/aromatic N) is 3. The highest BCUT2D eigenvalue weighted by Crippen LogP contribution is 2.28. The van der Waals surface area contributed by atoms with Gasteiger partial charge in [0.15, 0.2) is 5.69 Å². The van der Waals surface area contributed by atoms with Crippen LogP contribution in [-0.2, 0) is 0 Å². The molecule has 8 heteroatoms. The van der Waals surface area contributed by atoms with Crippen LogP contribution in [0.3, 0.4) is 0 Å². The van der Waals surface area contributed by atoms with E-state index in [1.54, 1.807) is 12.1 Å². The van der Waals surface area contributed by atoms with Crippen LogP contribution in [0.1, 0.15) is 40.5 Å². The highest BCUT2D eigenvalue weighted by atomic mass is 79.9. The Morgan fingerprint density at radius 2 is 1.90 bits per heavy atom. The molecule has 1 aliphatic rings. The second-order valence-electron chi connectivity index (χ2n) is 7.04. The Kier molecular flexibility index (Phi) is 6.29. The van der Waals surface area contributed by atoms with Crippen LogP contribution < -0.4 is 10.2 Å². The minimum absolute atomic E-state index is 0.0759. The average Bonchev–Trinajstić information content (AvgIpc) is 3.28. The van der Waals surface area contributed by atoms with Crippen molar-refractivity contribution in [2.45, 2.75) is 18.9 Å². The molecule has 1 aliphatic heterocycles. The molecular weight excluding hydrogens is 471 g/mol. The van der Waals surface area contributed by atoms with Crippen LogP contribution in [0.4, 0.5) is 10.3 Å². The fourth-order valence-corrected chi connectivity index (χ4v) is 4.02. The molecule has 5 nitrogen and oxygen atoms in total. The normalized spacial score (nSPS) is 14.6. The SMILES string of the molecule is O=C(NC(c1ccccc1)c1ccc(Br)cc1F)c1nc(N2CCCC2)ncc1Cl. The Labute approximate surface area is 187 Å². The van der Waals surface area contributed by atoms with E-state index in [2.05, 4.69) is 31.2 Å². The summed E-state index contributed by atoms with van der Waals surface area (Å²) >= 11 is 9.51. The number of rotatable bonds is 5. The van der Waals surface area contributed by atoms with E-state index in [0.29, 0.717) is 16.0 Å². The van der Waals surface area contributed by atoms with Crippen molar-refractivity contribution < 1.29 is 9.18 Å². The first-order valence-corrected chi connectivity index (χ1v) is 10.8. The number of hydrogen-bond acceptors (Lipinski definition) is 4. The predicted molar refractivity (Wildman–Crippen MR) is 118 cm³/mol. The van der Waals surface area contributed by atoms with Gasteiger partial charge in [0.25, 0.3) is 5.91 Å². The van der Waals surface area contributed by atoms with Gasteiger partial charge in [-0.3, -0.25) is 4.79 Å². The Morgan fingerprint density at radius 1 is 1.17 bits per heavy atom. The zero-order valence-electron chi connectivity index (χ0n) is 16.0. The Bertz CT molecular complexity index is 1060. The third kappa shape index (κ3) is 4.47. The van der Waals surface area contributed by atoms with E-state index in [1.807, 2.05) is 35.2 Å². The third-order valence-corrected chi connectivity index (χ3v) is 5.79. The molecule has 1 unspecified atom stereocenters. The van der Waals surface area contributed by atoms with E-state index in [1.165, 1.54) is 12.3 Å². The van der Waals surface area contributed by atoms with Gasteiger partial charge in [0.05, 0.1) is 17.3 Å². The summed E-state index contributed by atoms with van der Waals surface area (Å²) < 4.78 is 15.4. The van der Waals surface area contributed by atoms with E-state index in [4.69, 9.17) is 11.6 Å². The Balaban J connectivity index is 1.68. The largest absolute Gasteiger partial charge is 0.341 e. The predicted octanol–water partition coefficient (Wildman–Crippen LogP) is 5.15. The number of carbonyl (C=O) groups is 1. The van der Waals surface area contributed by atoms with Gasteiger partial charge < -0.3 is 10.2 Å². The smallest absolute Gasteiger partial charge is 0.272 e. The van der Waals surface area contributed by atoms with E-state index in [0.717, 1.165) is 31.5 Å². The number of hydrogen-bond donors (Lipinski definition) is 1. The summed E-state index contributed by atoms with van der Waals surface area (Å²) in [5, 5.41) is 3.05. The second kappa shape index (κ2) is 9.10. The van der Waals surface area contributed by atoms with Crippen molar-refractivity contribution >= 4 is 39.4 Å². The molecule has 0 radical (unpaired) electrons. The lowest BCUT2D eigenvalue weighted by atomic mass is 9.98. The molecule has 1 atom stereocenters. The maximum atomic E-state index is 14.7. The van der Waals surface area contributed by atoms with E-state index >= 15 is 0 Å². The van der Waals surface area contributed by atoms with Crippen molar-refractivity contribution in [3.63, 3.8) is 0 Å². The first-order chi connectivity index (χ1) is 14.5. The summed E-state index contributed by atoms with van der Waals surface area (Å²) in [5.74, 6) is -0.433. The van der Waals surface area contributed by atoms with Crippen molar-refractivity contribution in [1.29, 1.82) is 0 Å².